The van der Waals surface area contributed by atoms with Crippen LogP contribution < -0.4 is 5.32 Å². The number of carbonyl (C=O) groups is 2. The Balaban J connectivity index is 1.97. The summed E-state index contributed by atoms with van der Waals surface area (Å²) in [7, 11) is 1.53. The topological polar surface area (TPSA) is 97.3 Å². The van der Waals surface area contributed by atoms with Gasteiger partial charge in [-0.1, -0.05) is 18.2 Å². The van der Waals surface area contributed by atoms with Crippen molar-refractivity contribution in [3.05, 3.63) is 53.6 Å². The Bertz CT molecular complexity index is 920. The predicted molar refractivity (Wildman–Crippen MR) is 104 cm³/mol. The van der Waals surface area contributed by atoms with E-state index in [1.165, 1.54) is 19.5 Å². The van der Waals surface area contributed by atoms with Crippen LogP contribution in [0, 0.1) is 0 Å². The summed E-state index contributed by atoms with van der Waals surface area (Å²) in [5.74, 6) is -0.471. The summed E-state index contributed by atoms with van der Waals surface area (Å²) in [5.41, 5.74) is 1.93. The average molecular weight is 402 g/mol. The molecule has 2 atom stereocenters. The number of hydrogen-bond donors (Lipinski definition) is 1. The number of ether oxygens (including phenoxy) is 1. The lowest BCUT2D eigenvalue weighted by atomic mass is 10.00. The number of nitrogens with zero attached hydrogens (tertiary/aromatic N) is 4. The normalized spacial score (nSPS) is 19.2. The minimum atomic E-state index is -0.378. The minimum absolute atomic E-state index is 0.146. The van der Waals surface area contributed by atoms with Crippen LogP contribution in [0.3, 0.4) is 0 Å². The van der Waals surface area contributed by atoms with Crippen LogP contribution in [0.1, 0.15) is 29.1 Å². The maximum absolute atomic E-state index is 12.1. The standard InChI is InChI=1S/C19H20ClN5O3/c1-4-17(26)25-5-6-28-18(11(25)2)12-7-14(24-16(20)8-12)13-9-15(19(27)21-3)23-10-22-13/h4,7-11,18H,1,5-6H2,2-3H3,(H,21,27). The fraction of sp³-hybridized carbons (Fsp3) is 0.316. The first-order chi connectivity index (χ1) is 13.4. The van der Waals surface area contributed by atoms with Crippen molar-refractivity contribution in [3.8, 4) is 11.4 Å². The molecule has 1 aliphatic heterocycles. The third-order valence-corrected chi connectivity index (χ3v) is 4.74. The van der Waals surface area contributed by atoms with E-state index < -0.39 is 0 Å². The lowest BCUT2D eigenvalue weighted by Crippen LogP contribution is -2.48. The molecule has 2 aromatic rings. The monoisotopic (exact) mass is 401 g/mol. The van der Waals surface area contributed by atoms with Gasteiger partial charge in [0.2, 0.25) is 5.91 Å². The number of hydrogen-bond acceptors (Lipinski definition) is 6. The molecule has 8 nitrogen and oxygen atoms in total. The first-order valence-corrected chi connectivity index (χ1v) is 9.09. The van der Waals surface area contributed by atoms with Crippen molar-refractivity contribution in [1.82, 2.24) is 25.2 Å². The van der Waals surface area contributed by atoms with Crippen molar-refractivity contribution in [3.63, 3.8) is 0 Å². The van der Waals surface area contributed by atoms with Gasteiger partial charge in [-0.3, -0.25) is 9.59 Å². The van der Waals surface area contributed by atoms with E-state index in [-0.39, 0.29) is 34.8 Å². The molecule has 0 radical (unpaired) electrons. The van der Waals surface area contributed by atoms with Gasteiger partial charge in [-0.15, -0.1) is 0 Å². The zero-order valence-corrected chi connectivity index (χ0v) is 16.3. The third-order valence-electron chi connectivity index (χ3n) is 4.55. The minimum Gasteiger partial charge on any atom is -0.370 e. The van der Waals surface area contributed by atoms with E-state index in [0.29, 0.717) is 24.5 Å². The van der Waals surface area contributed by atoms with Gasteiger partial charge < -0.3 is 15.0 Å². The summed E-state index contributed by atoms with van der Waals surface area (Å²) in [6.07, 6.45) is 2.22. The summed E-state index contributed by atoms with van der Waals surface area (Å²) in [6, 6.07) is 4.83. The number of amides is 2. The Morgan fingerprint density at radius 1 is 1.32 bits per heavy atom. The van der Waals surface area contributed by atoms with E-state index in [1.807, 2.05) is 6.92 Å². The number of nitrogens with one attached hydrogen (secondary N) is 1. The van der Waals surface area contributed by atoms with Crippen LogP contribution in [0.4, 0.5) is 0 Å². The van der Waals surface area contributed by atoms with Gasteiger partial charge in [0.15, 0.2) is 0 Å². The molecule has 1 fully saturated rings. The second-order valence-electron chi connectivity index (χ2n) is 6.24. The van der Waals surface area contributed by atoms with Crippen molar-refractivity contribution in [2.45, 2.75) is 19.1 Å². The molecule has 3 rings (SSSR count). The Morgan fingerprint density at radius 3 is 2.82 bits per heavy atom. The van der Waals surface area contributed by atoms with Gasteiger partial charge >= 0.3 is 0 Å². The molecule has 1 saturated heterocycles. The molecule has 0 aliphatic carbocycles. The lowest BCUT2D eigenvalue weighted by molar-refractivity contribution is -0.140. The third kappa shape index (κ3) is 4.02. The molecule has 28 heavy (non-hydrogen) atoms. The number of morpholine rings is 1. The fourth-order valence-corrected chi connectivity index (χ4v) is 3.37. The highest BCUT2D eigenvalue weighted by atomic mass is 35.5. The van der Waals surface area contributed by atoms with Crippen LogP contribution in [-0.4, -0.2) is 57.9 Å². The van der Waals surface area contributed by atoms with Crippen LogP contribution in [0.25, 0.3) is 11.4 Å². The SMILES string of the molecule is C=CC(=O)N1CCOC(c2cc(Cl)nc(-c3cc(C(=O)NC)ncn3)c2)C1C. The van der Waals surface area contributed by atoms with Crippen molar-refractivity contribution in [2.75, 3.05) is 20.2 Å². The Labute approximate surface area is 167 Å². The second kappa shape index (κ2) is 8.45. The first kappa shape index (κ1) is 19.9. The van der Waals surface area contributed by atoms with E-state index in [2.05, 4.69) is 26.8 Å². The predicted octanol–water partition coefficient (Wildman–Crippen LogP) is 2.03. The van der Waals surface area contributed by atoms with Crippen LogP contribution in [0.15, 0.2) is 37.2 Å². The van der Waals surface area contributed by atoms with E-state index in [9.17, 15) is 9.59 Å². The van der Waals surface area contributed by atoms with Crippen LogP contribution >= 0.6 is 11.6 Å². The van der Waals surface area contributed by atoms with Crippen molar-refractivity contribution in [2.24, 2.45) is 0 Å². The van der Waals surface area contributed by atoms with Crippen molar-refractivity contribution < 1.29 is 14.3 Å². The average Bonchev–Trinajstić information content (AvgIpc) is 2.72. The van der Waals surface area contributed by atoms with E-state index in [1.54, 1.807) is 23.1 Å². The number of rotatable bonds is 4. The molecule has 2 unspecified atom stereocenters. The molecule has 2 amide bonds. The maximum atomic E-state index is 12.1. The van der Waals surface area contributed by atoms with E-state index >= 15 is 0 Å². The molecule has 1 N–H and O–H groups in total. The smallest absolute Gasteiger partial charge is 0.269 e. The molecule has 3 heterocycles. The summed E-state index contributed by atoms with van der Waals surface area (Å²) in [4.78, 5) is 38.1. The quantitative estimate of drug-likeness (QED) is 0.621. The van der Waals surface area contributed by atoms with Gasteiger partial charge in [0, 0.05) is 13.6 Å². The number of halogens is 1. The van der Waals surface area contributed by atoms with E-state index in [0.717, 1.165) is 5.56 Å². The molecule has 9 heteroatoms. The first-order valence-electron chi connectivity index (χ1n) is 8.71. The molecule has 0 saturated carbocycles. The summed E-state index contributed by atoms with van der Waals surface area (Å²) in [5, 5.41) is 2.78. The summed E-state index contributed by atoms with van der Waals surface area (Å²) >= 11 is 6.24. The van der Waals surface area contributed by atoms with Crippen molar-refractivity contribution in [1.29, 1.82) is 0 Å². The summed E-state index contributed by atoms with van der Waals surface area (Å²) < 4.78 is 5.91. The van der Waals surface area contributed by atoms with Gasteiger partial charge in [-0.05, 0) is 36.8 Å². The lowest BCUT2D eigenvalue weighted by Gasteiger charge is -2.39. The number of pyridine rings is 1. The van der Waals surface area contributed by atoms with Gasteiger partial charge in [-0.25, -0.2) is 15.0 Å². The van der Waals surface area contributed by atoms with Gasteiger partial charge in [0.05, 0.1) is 24.0 Å². The van der Waals surface area contributed by atoms with Crippen molar-refractivity contribution >= 4 is 23.4 Å². The van der Waals surface area contributed by atoms with Gasteiger partial charge in [0.25, 0.3) is 5.91 Å². The van der Waals surface area contributed by atoms with Gasteiger partial charge in [0.1, 0.15) is 23.3 Å². The Hall–Kier alpha value is -2.84. The van der Waals surface area contributed by atoms with Crippen LogP contribution in [0.2, 0.25) is 5.15 Å². The number of carbonyl (C=O) groups excluding carboxylic acids is 2. The Morgan fingerprint density at radius 2 is 2.11 bits per heavy atom. The summed E-state index contributed by atoms with van der Waals surface area (Å²) in [6.45, 7) is 6.36. The number of aromatic nitrogens is 3. The zero-order chi connectivity index (χ0) is 20.3. The molecular weight excluding hydrogens is 382 g/mol. The second-order valence-corrected chi connectivity index (χ2v) is 6.63. The zero-order valence-electron chi connectivity index (χ0n) is 15.6. The highest BCUT2D eigenvalue weighted by molar-refractivity contribution is 6.29. The molecular formula is C19H20ClN5O3. The maximum Gasteiger partial charge on any atom is 0.269 e. The highest BCUT2D eigenvalue weighted by Gasteiger charge is 2.32. The largest absolute Gasteiger partial charge is 0.370 e. The molecule has 0 spiro atoms. The molecule has 2 aromatic heterocycles. The highest BCUT2D eigenvalue weighted by Crippen LogP contribution is 2.32. The molecule has 0 aromatic carbocycles. The van der Waals surface area contributed by atoms with E-state index in [4.69, 9.17) is 16.3 Å². The molecule has 146 valence electrons. The Kier molecular flexibility index (Phi) is 6.01. The van der Waals surface area contributed by atoms with Crippen LogP contribution in [0.5, 0.6) is 0 Å². The van der Waals surface area contributed by atoms with Crippen LogP contribution in [-0.2, 0) is 9.53 Å². The molecule has 0 bridgehead atoms. The molecule has 1 aliphatic rings. The fourth-order valence-electron chi connectivity index (χ4n) is 3.15. The van der Waals surface area contributed by atoms with Gasteiger partial charge in [-0.2, -0.15) is 0 Å².